The standard InChI is InChI=1S/C21H22ClN7OS/c1-3-23-21(30)28-9-8-27(12-13(28)2)20-24-16-11-14(22)6-7-15(16)18-25-26-19(29(18)20)17-5-4-10-31-17/h4-7,10-11,13H,3,8-9,12H2,1-2H3,(H,23,30). The molecule has 4 heterocycles. The minimum atomic E-state index is -0.0263. The Morgan fingerprint density at radius 2 is 2.16 bits per heavy atom. The van der Waals surface area contributed by atoms with Crippen LogP contribution in [0.4, 0.5) is 10.7 Å². The number of nitrogens with zero attached hydrogens (tertiary/aromatic N) is 6. The highest BCUT2D eigenvalue weighted by Crippen LogP contribution is 2.32. The van der Waals surface area contributed by atoms with Crippen molar-refractivity contribution >= 4 is 51.5 Å². The summed E-state index contributed by atoms with van der Waals surface area (Å²) in [5, 5.41) is 15.5. The Labute approximate surface area is 188 Å². The topological polar surface area (TPSA) is 78.7 Å². The molecule has 1 aliphatic heterocycles. The molecule has 8 nitrogen and oxygen atoms in total. The number of fused-ring (bicyclic) bond motifs is 3. The van der Waals surface area contributed by atoms with Gasteiger partial charge in [-0.1, -0.05) is 17.7 Å². The molecule has 160 valence electrons. The zero-order valence-electron chi connectivity index (χ0n) is 17.2. The summed E-state index contributed by atoms with van der Waals surface area (Å²) in [6, 6.07) is 9.68. The quantitative estimate of drug-likeness (QED) is 0.507. The molecule has 2 amide bonds. The van der Waals surface area contributed by atoms with Crippen LogP contribution in [0.15, 0.2) is 35.7 Å². The van der Waals surface area contributed by atoms with E-state index in [-0.39, 0.29) is 12.1 Å². The zero-order chi connectivity index (χ0) is 21.5. The van der Waals surface area contributed by atoms with Crippen molar-refractivity contribution in [2.24, 2.45) is 0 Å². The number of anilines is 1. The maximum absolute atomic E-state index is 12.4. The molecule has 10 heteroatoms. The van der Waals surface area contributed by atoms with E-state index in [4.69, 9.17) is 16.6 Å². The molecule has 1 N–H and O–H groups in total. The fraction of sp³-hybridized carbons (Fsp3) is 0.333. The van der Waals surface area contributed by atoms with Crippen LogP contribution in [0.5, 0.6) is 0 Å². The summed E-state index contributed by atoms with van der Waals surface area (Å²) in [4.78, 5) is 22.5. The maximum Gasteiger partial charge on any atom is 0.317 e. The van der Waals surface area contributed by atoms with Crippen molar-refractivity contribution in [2.45, 2.75) is 19.9 Å². The summed E-state index contributed by atoms with van der Waals surface area (Å²) in [5.74, 6) is 1.53. The first-order valence-electron chi connectivity index (χ1n) is 10.2. The average Bonchev–Trinajstić information content (AvgIpc) is 3.43. The Morgan fingerprint density at radius 3 is 2.90 bits per heavy atom. The van der Waals surface area contributed by atoms with Crippen LogP contribution in [0.2, 0.25) is 5.02 Å². The highest BCUT2D eigenvalue weighted by Gasteiger charge is 2.30. The first kappa shape index (κ1) is 20.0. The molecular formula is C21H22ClN7OS. The van der Waals surface area contributed by atoms with Crippen LogP contribution in [0, 0.1) is 0 Å². The minimum absolute atomic E-state index is 0.0263. The van der Waals surface area contributed by atoms with Gasteiger partial charge in [0.15, 0.2) is 11.5 Å². The normalized spacial score (nSPS) is 16.9. The number of carbonyl (C=O) groups is 1. The van der Waals surface area contributed by atoms with E-state index in [1.165, 1.54) is 0 Å². The molecular weight excluding hydrogens is 434 g/mol. The average molecular weight is 456 g/mol. The fourth-order valence-corrected chi connectivity index (χ4v) is 4.93. The molecule has 1 atom stereocenters. The Bertz CT molecular complexity index is 1260. The van der Waals surface area contributed by atoms with E-state index < -0.39 is 0 Å². The first-order chi connectivity index (χ1) is 15.1. The molecule has 31 heavy (non-hydrogen) atoms. The molecule has 0 aliphatic carbocycles. The van der Waals surface area contributed by atoms with Gasteiger partial charge >= 0.3 is 6.03 Å². The summed E-state index contributed by atoms with van der Waals surface area (Å²) in [6.07, 6.45) is 0. The monoisotopic (exact) mass is 455 g/mol. The second kappa shape index (κ2) is 7.97. The van der Waals surface area contributed by atoms with Crippen LogP contribution in [0.25, 0.3) is 27.3 Å². The van der Waals surface area contributed by atoms with Gasteiger partial charge in [-0.15, -0.1) is 21.5 Å². The lowest BCUT2D eigenvalue weighted by atomic mass is 10.2. The van der Waals surface area contributed by atoms with Gasteiger partial charge in [0, 0.05) is 42.6 Å². The maximum atomic E-state index is 12.4. The number of amides is 2. The lowest BCUT2D eigenvalue weighted by Crippen LogP contribution is -2.57. The minimum Gasteiger partial charge on any atom is -0.338 e. The van der Waals surface area contributed by atoms with Crippen molar-refractivity contribution < 1.29 is 4.79 Å². The number of nitrogens with one attached hydrogen (secondary N) is 1. The predicted octanol–water partition coefficient (Wildman–Crippen LogP) is 3.90. The van der Waals surface area contributed by atoms with Gasteiger partial charge in [0.1, 0.15) is 0 Å². The second-order valence-electron chi connectivity index (χ2n) is 7.56. The fourth-order valence-electron chi connectivity index (χ4n) is 4.06. The number of rotatable bonds is 3. The number of aromatic nitrogens is 4. The van der Waals surface area contributed by atoms with E-state index in [0.717, 1.165) is 33.2 Å². The zero-order valence-corrected chi connectivity index (χ0v) is 18.8. The van der Waals surface area contributed by atoms with Crippen LogP contribution in [-0.4, -0.2) is 62.7 Å². The van der Waals surface area contributed by atoms with Gasteiger partial charge in [-0.2, -0.15) is 0 Å². The summed E-state index contributed by atoms with van der Waals surface area (Å²) in [6.45, 7) is 6.54. The first-order valence-corrected chi connectivity index (χ1v) is 11.5. The number of thiophene rings is 1. The lowest BCUT2D eigenvalue weighted by molar-refractivity contribution is 0.171. The van der Waals surface area contributed by atoms with E-state index in [0.29, 0.717) is 31.2 Å². The third-order valence-electron chi connectivity index (χ3n) is 5.52. The third kappa shape index (κ3) is 3.47. The summed E-state index contributed by atoms with van der Waals surface area (Å²) < 4.78 is 2.02. The molecule has 0 radical (unpaired) electrons. The Hall–Kier alpha value is -2.91. The molecule has 1 unspecified atom stereocenters. The number of halogens is 1. The number of hydrogen-bond donors (Lipinski definition) is 1. The van der Waals surface area contributed by atoms with Crippen LogP contribution in [0.1, 0.15) is 13.8 Å². The van der Waals surface area contributed by atoms with E-state index >= 15 is 0 Å². The van der Waals surface area contributed by atoms with Gasteiger partial charge in [-0.25, -0.2) is 14.2 Å². The number of piperazine rings is 1. The number of carbonyl (C=O) groups excluding carboxylic acids is 1. The van der Waals surface area contributed by atoms with Crippen LogP contribution < -0.4 is 10.2 Å². The SMILES string of the molecule is CCNC(=O)N1CCN(c2nc3cc(Cl)ccc3c3nnc(-c4cccs4)n23)CC1C. The van der Waals surface area contributed by atoms with Gasteiger partial charge in [0.25, 0.3) is 0 Å². The molecule has 4 aromatic rings. The Morgan fingerprint density at radius 1 is 1.29 bits per heavy atom. The molecule has 3 aromatic heterocycles. The molecule has 1 fully saturated rings. The second-order valence-corrected chi connectivity index (χ2v) is 8.94. The van der Waals surface area contributed by atoms with Gasteiger partial charge in [0.05, 0.1) is 10.4 Å². The van der Waals surface area contributed by atoms with Gasteiger partial charge < -0.3 is 15.1 Å². The van der Waals surface area contributed by atoms with Crippen LogP contribution in [-0.2, 0) is 0 Å². The molecule has 1 aromatic carbocycles. The largest absolute Gasteiger partial charge is 0.338 e. The molecule has 1 saturated heterocycles. The van der Waals surface area contributed by atoms with Crippen LogP contribution >= 0.6 is 22.9 Å². The van der Waals surface area contributed by atoms with Crippen molar-refractivity contribution in [1.82, 2.24) is 29.8 Å². The van der Waals surface area contributed by atoms with Gasteiger partial charge in [0.2, 0.25) is 5.95 Å². The highest BCUT2D eigenvalue weighted by molar-refractivity contribution is 7.13. The lowest BCUT2D eigenvalue weighted by Gasteiger charge is -2.40. The summed E-state index contributed by atoms with van der Waals surface area (Å²) in [5.41, 5.74) is 1.53. The van der Waals surface area contributed by atoms with Gasteiger partial charge in [-0.3, -0.25) is 0 Å². The molecule has 0 spiro atoms. The highest BCUT2D eigenvalue weighted by atomic mass is 35.5. The van der Waals surface area contributed by atoms with E-state index in [2.05, 4.69) is 27.3 Å². The van der Waals surface area contributed by atoms with E-state index in [1.54, 1.807) is 11.3 Å². The van der Waals surface area contributed by atoms with Crippen molar-refractivity contribution in [2.75, 3.05) is 31.1 Å². The summed E-state index contributed by atoms with van der Waals surface area (Å²) >= 11 is 7.87. The van der Waals surface area contributed by atoms with Crippen LogP contribution in [0.3, 0.4) is 0 Å². The molecule has 0 saturated carbocycles. The predicted molar refractivity (Wildman–Crippen MR) is 124 cm³/mol. The Kier molecular flexibility index (Phi) is 5.15. The van der Waals surface area contributed by atoms with Gasteiger partial charge in [-0.05, 0) is 43.5 Å². The smallest absolute Gasteiger partial charge is 0.317 e. The molecule has 1 aliphatic rings. The van der Waals surface area contributed by atoms with E-state index in [9.17, 15) is 4.79 Å². The van der Waals surface area contributed by atoms with Crippen molar-refractivity contribution in [3.63, 3.8) is 0 Å². The summed E-state index contributed by atoms with van der Waals surface area (Å²) in [7, 11) is 0. The third-order valence-corrected chi connectivity index (χ3v) is 6.63. The van der Waals surface area contributed by atoms with Crippen molar-refractivity contribution in [1.29, 1.82) is 0 Å². The number of benzene rings is 1. The Balaban J connectivity index is 1.63. The van der Waals surface area contributed by atoms with E-state index in [1.807, 2.05) is 51.9 Å². The molecule has 0 bridgehead atoms. The number of urea groups is 1. The number of hydrogen-bond acceptors (Lipinski definition) is 6. The van der Waals surface area contributed by atoms with Crippen molar-refractivity contribution in [3.05, 3.63) is 40.7 Å². The van der Waals surface area contributed by atoms with Crippen molar-refractivity contribution in [3.8, 4) is 10.7 Å². The molecule has 5 rings (SSSR count).